The topological polar surface area (TPSA) is 72.0 Å². The molecule has 3 heterocycles. The van der Waals surface area contributed by atoms with Gasteiger partial charge in [-0.3, -0.25) is 9.59 Å². The molecule has 0 aliphatic carbocycles. The summed E-state index contributed by atoms with van der Waals surface area (Å²) in [6.45, 7) is 1.81. The van der Waals surface area contributed by atoms with Crippen LogP contribution in [0.3, 0.4) is 0 Å². The molecule has 2 aromatic carbocycles. The number of ether oxygens (including phenoxy) is 2. The van der Waals surface area contributed by atoms with E-state index in [4.69, 9.17) is 9.47 Å². The first-order chi connectivity index (χ1) is 14.6. The first-order valence-electron chi connectivity index (χ1n) is 9.88. The number of carbonyl (C=O) groups is 2. The van der Waals surface area contributed by atoms with Gasteiger partial charge in [-0.2, -0.15) is 0 Å². The molecular formula is C22H21N3O4S. The number of rotatable bonds is 4. The van der Waals surface area contributed by atoms with Crippen molar-refractivity contribution >= 4 is 39.1 Å². The standard InChI is InChI=1S/C22H21N3O4S/c1-24(13-20-23-16-4-2-3-5-19(16)30-20)22(27)14-10-21(26)25(12-14)15-6-7-17-18(11-15)29-9-8-28-17/h2-7,11,14H,8-10,12-13H2,1H3/t14-/m1/s1. The zero-order valence-electron chi connectivity index (χ0n) is 16.5. The fourth-order valence-electron chi connectivity index (χ4n) is 3.90. The van der Waals surface area contributed by atoms with Gasteiger partial charge in [0.1, 0.15) is 18.2 Å². The molecule has 1 saturated heterocycles. The van der Waals surface area contributed by atoms with E-state index in [0.29, 0.717) is 37.8 Å². The van der Waals surface area contributed by atoms with Gasteiger partial charge in [0.05, 0.1) is 22.7 Å². The molecule has 0 spiro atoms. The van der Waals surface area contributed by atoms with E-state index in [0.717, 1.165) is 20.9 Å². The second-order valence-corrected chi connectivity index (χ2v) is 8.62. The third-order valence-electron chi connectivity index (χ3n) is 5.40. The summed E-state index contributed by atoms with van der Waals surface area (Å²) in [4.78, 5) is 33.6. The predicted octanol–water partition coefficient (Wildman–Crippen LogP) is 3.08. The third kappa shape index (κ3) is 3.47. The monoisotopic (exact) mass is 423 g/mol. The molecule has 8 heteroatoms. The van der Waals surface area contributed by atoms with E-state index >= 15 is 0 Å². The maximum atomic E-state index is 13.0. The molecule has 3 aromatic rings. The van der Waals surface area contributed by atoms with Gasteiger partial charge in [-0.15, -0.1) is 11.3 Å². The van der Waals surface area contributed by atoms with Crippen LogP contribution in [-0.2, 0) is 16.1 Å². The summed E-state index contributed by atoms with van der Waals surface area (Å²) in [5.74, 6) is 0.847. The van der Waals surface area contributed by atoms with E-state index in [1.165, 1.54) is 0 Å². The Hall–Kier alpha value is -3.13. The van der Waals surface area contributed by atoms with Crippen LogP contribution in [0.15, 0.2) is 42.5 Å². The molecule has 2 aliphatic rings. The van der Waals surface area contributed by atoms with E-state index in [-0.39, 0.29) is 24.2 Å². The largest absolute Gasteiger partial charge is 0.486 e. The summed E-state index contributed by atoms with van der Waals surface area (Å²) in [6.07, 6.45) is 0.206. The molecule has 5 rings (SSSR count). The molecular weight excluding hydrogens is 402 g/mol. The Morgan fingerprint density at radius 2 is 2.00 bits per heavy atom. The number of nitrogens with zero attached hydrogens (tertiary/aromatic N) is 3. The number of anilines is 1. The molecule has 0 N–H and O–H groups in total. The summed E-state index contributed by atoms with van der Waals surface area (Å²) < 4.78 is 12.3. The number of hydrogen-bond acceptors (Lipinski definition) is 6. The summed E-state index contributed by atoms with van der Waals surface area (Å²) in [5, 5.41) is 0.889. The Bertz CT molecular complexity index is 1100. The molecule has 1 fully saturated rings. The lowest BCUT2D eigenvalue weighted by Gasteiger charge is -2.23. The van der Waals surface area contributed by atoms with Gasteiger partial charge in [0, 0.05) is 31.8 Å². The van der Waals surface area contributed by atoms with Crippen LogP contribution < -0.4 is 14.4 Å². The fraction of sp³-hybridized carbons (Fsp3) is 0.318. The van der Waals surface area contributed by atoms with Crippen LogP contribution in [0.2, 0.25) is 0 Å². The van der Waals surface area contributed by atoms with Crippen LogP contribution in [0.25, 0.3) is 10.2 Å². The number of benzene rings is 2. The average molecular weight is 423 g/mol. The molecule has 154 valence electrons. The SMILES string of the molecule is CN(Cc1nc2ccccc2s1)C(=O)[C@@H]1CC(=O)N(c2ccc3c(c2)OCCO3)C1. The van der Waals surface area contributed by atoms with Crippen molar-refractivity contribution in [1.29, 1.82) is 0 Å². The molecule has 1 aromatic heterocycles. The predicted molar refractivity (Wildman–Crippen MR) is 114 cm³/mol. The van der Waals surface area contributed by atoms with Crippen molar-refractivity contribution < 1.29 is 19.1 Å². The van der Waals surface area contributed by atoms with Crippen LogP contribution in [0.1, 0.15) is 11.4 Å². The van der Waals surface area contributed by atoms with Crippen molar-refractivity contribution in [3.8, 4) is 11.5 Å². The van der Waals surface area contributed by atoms with Crippen molar-refractivity contribution in [2.75, 3.05) is 31.7 Å². The summed E-state index contributed by atoms with van der Waals surface area (Å²) in [5.41, 5.74) is 1.67. The van der Waals surface area contributed by atoms with E-state index in [2.05, 4.69) is 4.98 Å². The van der Waals surface area contributed by atoms with Gasteiger partial charge in [-0.1, -0.05) is 12.1 Å². The first-order valence-corrected chi connectivity index (χ1v) is 10.7. The Morgan fingerprint density at radius 3 is 2.83 bits per heavy atom. The summed E-state index contributed by atoms with van der Waals surface area (Å²) in [6, 6.07) is 13.4. The molecule has 0 radical (unpaired) electrons. The lowest BCUT2D eigenvalue weighted by molar-refractivity contribution is -0.135. The van der Waals surface area contributed by atoms with Gasteiger partial charge in [0.2, 0.25) is 11.8 Å². The van der Waals surface area contributed by atoms with Gasteiger partial charge >= 0.3 is 0 Å². The van der Waals surface area contributed by atoms with E-state index in [9.17, 15) is 9.59 Å². The zero-order valence-corrected chi connectivity index (χ0v) is 17.4. The second-order valence-electron chi connectivity index (χ2n) is 7.50. The minimum atomic E-state index is -0.370. The molecule has 30 heavy (non-hydrogen) atoms. The number of para-hydroxylation sites is 1. The van der Waals surface area contributed by atoms with Crippen molar-refractivity contribution in [2.45, 2.75) is 13.0 Å². The van der Waals surface area contributed by atoms with Crippen LogP contribution in [0.5, 0.6) is 11.5 Å². The van der Waals surface area contributed by atoms with Crippen molar-refractivity contribution in [2.24, 2.45) is 5.92 Å². The van der Waals surface area contributed by atoms with E-state index in [1.807, 2.05) is 42.5 Å². The molecule has 7 nitrogen and oxygen atoms in total. The highest BCUT2D eigenvalue weighted by atomic mass is 32.1. The summed E-state index contributed by atoms with van der Waals surface area (Å²) >= 11 is 1.59. The van der Waals surface area contributed by atoms with Gasteiger partial charge in [-0.05, 0) is 24.3 Å². The van der Waals surface area contributed by atoms with Crippen molar-refractivity contribution in [1.82, 2.24) is 9.88 Å². The highest BCUT2D eigenvalue weighted by Crippen LogP contribution is 2.36. The number of aromatic nitrogens is 1. The van der Waals surface area contributed by atoms with Gasteiger partial charge in [0.25, 0.3) is 0 Å². The zero-order chi connectivity index (χ0) is 20.7. The van der Waals surface area contributed by atoms with Gasteiger partial charge in [0.15, 0.2) is 11.5 Å². The number of thiazole rings is 1. The lowest BCUT2D eigenvalue weighted by Crippen LogP contribution is -2.34. The Morgan fingerprint density at radius 1 is 1.20 bits per heavy atom. The number of carbonyl (C=O) groups excluding carboxylic acids is 2. The second kappa shape index (κ2) is 7.60. The normalized spacial score (nSPS) is 18.1. The van der Waals surface area contributed by atoms with Crippen LogP contribution in [0.4, 0.5) is 5.69 Å². The number of amides is 2. The average Bonchev–Trinajstić information content (AvgIpc) is 3.35. The van der Waals surface area contributed by atoms with Crippen LogP contribution in [0, 0.1) is 5.92 Å². The van der Waals surface area contributed by atoms with Gasteiger partial charge in [-0.25, -0.2) is 4.98 Å². The maximum absolute atomic E-state index is 13.0. The van der Waals surface area contributed by atoms with Crippen LogP contribution in [-0.4, -0.2) is 48.5 Å². The lowest BCUT2D eigenvalue weighted by atomic mass is 10.1. The van der Waals surface area contributed by atoms with Crippen LogP contribution >= 0.6 is 11.3 Å². The molecule has 2 amide bonds. The Balaban J connectivity index is 1.28. The smallest absolute Gasteiger partial charge is 0.228 e. The minimum absolute atomic E-state index is 0.0392. The third-order valence-corrected chi connectivity index (χ3v) is 6.42. The molecule has 2 aliphatic heterocycles. The molecule has 0 saturated carbocycles. The summed E-state index contributed by atoms with van der Waals surface area (Å²) in [7, 11) is 1.77. The maximum Gasteiger partial charge on any atom is 0.228 e. The van der Waals surface area contributed by atoms with Crippen molar-refractivity contribution in [3.63, 3.8) is 0 Å². The highest BCUT2D eigenvalue weighted by molar-refractivity contribution is 7.18. The van der Waals surface area contributed by atoms with Crippen molar-refractivity contribution in [3.05, 3.63) is 47.5 Å². The number of hydrogen-bond donors (Lipinski definition) is 0. The van der Waals surface area contributed by atoms with E-state index < -0.39 is 0 Å². The Labute approximate surface area is 177 Å². The Kier molecular flexibility index (Phi) is 4.78. The molecule has 0 unspecified atom stereocenters. The van der Waals surface area contributed by atoms with Gasteiger partial charge < -0.3 is 19.3 Å². The quantitative estimate of drug-likeness (QED) is 0.645. The van der Waals surface area contributed by atoms with E-state index in [1.54, 1.807) is 28.2 Å². The molecule has 0 bridgehead atoms. The molecule has 1 atom stereocenters. The first kappa shape index (κ1) is 18.9. The number of fused-ring (bicyclic) bond motifs is 2. The fourth-order valence-corrected chi connectivity index (χ4v) is 4.92. The minimum Gasteiger partial charge on any atom is -0.486 e. The highest BCUT2D eigenvalue weighted by Gasteiger charge is 2.37.